The molecule has 2 aliphatic rings. The van der Waals surface area contributed by atoms with Crippen LogP contribution >= 0.6 is 0 Å². The number of hydrogen-bond donors (Lipinski definition) is 1. The van der Waals surface area contributed by atoms with Crippen LogP contribution in [0.3, 0.4) is 0 Å². The van der Waals surface area contributed by atoms with Gasteiger partial charge in [0.2, 0.25) is 0 Å². The number of hydrogen-bond acceptors (Lipinski definition) is 4. The molecule has 1 aliphatic carbocycles. The van der Waals surface area contributed by atoms with Crippen molar-refractivity contribution < 1.29 is 9.53 Å². The Morgan fingerprint density at radius 2 is 1.84 bits per heavy atom. The third kappa shape index (κ3) is 3.37. The van der Waals surface area contributed by atoms with E-state index in [0.717, 1.165) is 44.8 Å². The van der Waals surface area contributed by atoms with Crippen LogP contribution in [0.25, 0.3) is 0 Å². The van der Waals surface area contributed by atoms with Crippen molar-refractivity contribution in [2.24, 2.45) is 0 Å². The smallest absolute Gasteiger partial charge is 0.270 e. The summed E-state index contributed by atoms with van der Waals surface area (Å²) in [5.41, 5.74) is 3.89. The molecule has 130 valence electrons. The maximum Gasteiger partial charge on any atom is 0.270 e. The number of aromatic nitrogens is 1. The molecule has 1 aliphatic heterocycles. The Morgan fingerprint density at radius 3 is 2.52 bits per heavy atom. The minimum Gasteiger partial charge on any atom is -0.378 e. The molecule has 0 radical (unpaired) electrons. The number of amides is 1. The number of ether oxygens (including phenoxy) is 1. The van der Waals surface area contributed by atoms with Crippen LogP contribution in [0.2, 0.25) is 0 Å². The molecule has 1 N–H and O–H groups in total. The minimum atomic E-state index is -0.253. The first-order valence-electron chi connectivity index (χ1n) is 8.81. The van der Waals surface area contributed by atoms with Crippen LogP contribution < -0.4 is 10.2 Å². The number of fused-ring (bicyclic) bond motifs is 1. The van der Waals surface area contributed by atoms with E-state index < -0.39 is 0 Å². The van der Waals surface area contributed by atoms with Gasteiger partial charge in [-0.15, -0.1) is 0 Å². The van der Waals surface area contributed by atoms with Gasteiger partial charge < -0.3 is 15.0 Å². The highest BCUT2D eigenvalue weighted by molar-refractivity contribution is 5.93. The normalized spacial score (nSPS) is 18.7. The molecular weight excluding hydrogens is 314 g/mol. The van der Waals surface area contributed by atoms with Crippen molar-refractivity contribution in [3.05, 3.63) is 59.4 Å². The zero-order valence-electron chi connectivity index (χ0n) is 14.5. The number of benzene rings is 1. The molecule has 25 heavy (non-hydrogen) atoms. The number of rotatable bonds is 3. The summed E-state index contributed by atoms with van der Waals surface area (Å²) >= 11 is 0. The Morgan fingerprint density at radius 1 is 1.16 bits per heavy atom. The molecule has 0 unspecified atom stereocenters. The van der Waals surface area contributed by atoms with Gasteiger partial charge in [0.25, 0.3) is 5.91 Å². The van der Waals surface area contributed by atoms with Crippen molar-refractivity contribution in [3.8, 4) is 0 Å². The van der Waals surface area contributed by atoms with Crippen LogP contribution in [0.15, 0.2) is 42.6 Å². The van der Waals surface area contributed by atoms with E-state index in [0.29, 0.717) is 5.69 Å². The average molecular weight is 337 g/mol. The zero-order valence-corrected chi connectivity index (χ0v) is 14.5. The zero-order chi connectivity index (χ0) is 17.3. The van der Waals surface area contributed by atoms with E-state index in [4.69, 9.17) is 4.74 Å². The topological polar surface area (TPSA) is 54.5 Å². The number of pyridine rings is 1. The first-order valence-corrected chi connectivity index (χ1v) is 8.81. The number of nitrogens with zero attached hydrogens (tertiary/aromatic N) is 2. The summed E-state index contributed by atoms with van der Waals surface area (Å²) in [6.07, 6.45) is 3.43. The molecule has 5 heteroatoms. The minimum absolute atomic E-state index is 0.106. The van der Waals surface area contributed by atoms with E-state index in [9.17, 15) is 4.79 Å². The monoisotopic (exact) mass is 337 g/mol. The largest absolute Gasteiger partial charge is 0.378 e. The molecule has 1 fully saturated rings. The predicted octanol–water partition coefficient (Wildman–Crippen LogP) is 2.21. The number of morpholine rings is 1. The van der Waals surface area contributed by atoms with Crippen LogP contribution in [-0.4, -0.2) is 42.7 Å². The predicted molar refractivity (Wildman–Crippen MR) is 97.0 cm³/mol. The van der Waals surface area contributed by atoms with Crippen LogP contribution in [0, 0.1) is 0 Å². The molecule has 1 amide bonds. The lowest BCUT2D eigenvalue weighted by Crippen LogP contribution is -2.47. The molecule has 1 aromatic carbocycles. The van der Waals surface area contributed by atoms with E-state index in [1.165, 1.54) is 11.1 Å². The lowest BCUT2D eigenvalue weighted by molar-refractivity contribution is 0.0904. The molecule has 1 saturated heterocycles. The van der Waals surface area contributed by atoms with Gasteiger partial charge in [-0.2, -0.15) is 0 Å². The highest BCUT2D eigenvalue weighted by Gasteiger charge is 2.34. The summed E-state index contributed by atoms with van der Waals surface area (Å²) in [6, 6.07) is 12.2. The van der Waals surface area contributed by atoms with Gasteiger partial charge in [0.15, 0.2) is 0 Å². The maximum absolute atomic E-state index is 12.8. The number of anilines is 1. The molecule has 5 nitrogen and oxygen atoms in total. The Hall–Kier alpha value is -2.40. The van der Waals surface area contributed by atoms with Crippen molar-refractivity contribution in [3.63, 3.8) is 0 Å². The van der Waals surface area contributed by atoms with E-state index in [-0.39, 0.29) is 11.4 Å². The van der Waals surface area contributed by atoms with E-state index >= 15 is 0 Å². The van der Waals surface area contributed by atoms with Gasteiger partial charge in [-0.25, -0.2) is 0 Å². The quantitative estimate of drug-likeness (QED) is 0.933. The number of carbonyl (C=O) groups is 1. The molecule has 1 aromatic heterocycles. The van der Waals surface area contributed by atoms with E-state index in [1.807, 2.05) is 12.1 Å². The molecule has 2 heterocycles. The molecule has 0 atom stereocenters. The highest BCUT2D eigenvalue weighted by Crippen LogP contribution is 2.30. The van der Waals surface area contributed by atoms with Gasteiger partial charge in [-0.05, 0) is 43.0 Å². The first-order chi connectivity index (χ1) is 12.1. The number of nitrogens with one attached hydrogen (secondary N) is 1. The van der Waals surface area contributed by atoms with Crippen LogP contribution in [-0.2, 0) is 17.6 Å². The van der Waals surface area contributed by atoms with Crippen LogP contribution in [0.5, 0.6) is 0 Å². The molecule has 0 spiro atoms. The highest BCUT2D eigenvalue weighted by atomic mass is 16.5. The summed E-state index contributed by atoms with van der Waals surface area (Å²) in [7, 11) is 0. The lowest BCUT2D eigenvalue weighted by Gasteiger charge is -2.29. The van der Waals surface area contributed by atoms with Crippen molar-refractivity contribution in [1.82, 2.24) is 10.3 Å². The molecule has 0 saturated carbocycles. The van der Waals surface area contributed by atoms with Gasteiger partial charge >= 0.3 is 0 Å². The Kier molecular flexibility index (Phi) is 4.17. The van der Waals surface area contributed by atoms with Crippen molar-refractivity contribution >= 4 is 11.6 Å². The van der Waals surface area contributed by atoms with Crippen molar-refractivity contribution in [1.29, 1.82) is 0 Å². The van der Waals surface area contributed by atoms with Gasteiger partial charge in [0.05, 0.1) is 13.2 Å². The maximum atomic E-state index is 12.8. The number of carbonyl (C=O) groups excluding carboxylic acids is 1. The Balaban J connectivity index is 1.48. The molecular formula is C20H23N3O2. The molecule has 0 bridgehead atoms. The fourth-order valence-electron chi connectivity index (χ4n) is 3.79. The third-order valence-electron chi connectivity index (χ3n) is 5.05. The fourth-order valence-corrected chi connectivity index (χ4v) is 3.79. The average Bonchev–Trinajstić information content (AvgIpc) is 2.98. The van der Waals surface area contributed by atoms with Gasteiger partial charge in [-0.3, -0.25) is 9.78 Å². The second kappa shape index (κ2) is 6.48. The standard InChI is InChI=1S/C20H23N3O2/c1-20(13-15-4-2-3-5-16(15)14-20)22-19(24)18-12-17(6-7-21-18)23-8-10-25-11-9-23/h2-7,12H,8-11,13-14H2,1H3,(H,22,24). The van der Waals surface area contributed by atoms with Gasteiger partial charge in [0.1, 0.15) is 5.69 Å². The first kappa shape index (κ1) is 16.1. The van der Waals surface area contributed by atoms with E-state index in [1.54, 1.807) is 6.20 Å². The van der Waals surface area contributed by atoms with Crippen LogP contribution in [0.4, 0.5) is 5.69 Å². The second-order valence-electron chi connectivity index (χ2n) is 7.14. The van der Waals surface area contributed by atoms with Gasteiger partial charge in [0, 0.05) is 30.5 Å². The summed E-state index contributed by atoms with van der Waals surface area (Å²) in [5, 5.41) is 3.20. The Bertz CT molecular complexity index is 759. The summed E-state index contributed by atoms with van der Waals surface area (Å²) in [4.78, 5) is 19.3. The second-order valence-corrected chi connectivity index (χ2v) is 7.14. The fraction of sp³-hybridized carbons (Fsp3) is 0.400. The summed E-state index contributed by atoms with van der Waals surface area (Å²) in [6.45, 7) is 5.24. The summed E-state index contributed by atoms with van der Waals surface area (Å²) < 4.78 is 5.39. The van der Waals surface area contributed by atoms with Gasteiger partial charge in [-0.1, -0.05) is 24.3 Å². The van der Waals surface area contributed by atoms with Crippen molar-refractivity contribution in [2.75, 3.05) is 31.2 Å². The third-order valence-corrected chi connectivity index (χ3v) is 5.05. The molecule has 2 aromatic rings. The van der Waals surface area contributed by atoms with Crippen LogP contribution in [0.1, 0.15) is 28.5 Å². The Labute approximate surface area is 148 Å². The van der Waals surface area contributed by atoms with E-state index in [2.05, 4.69) is 46.4 Å². The SMILES string of the molecule is CC1(NC(=O)c2cc(N3CCOCC3)ccn2)Cc2ccccc2C1. The summed E-state index contributed by atoms with van der Waals surface area (Å²) in [5.74, 6) is -0.106. The van der Waals surface area contributed by atoms with Crippen molar-refractivity contribution in [2.45, 2.75) is 25.3 Å². The lowest BCUT2D eigenvalue weighted by atomic mass is 9.98. The molecule has 4 rings (SSSR count).